The summed E-state index contributed by atoms with van der Waals surface area (Å²) in [6.45, 7) is 0. The minimum Gasteiger partial charge on any atom is -0.399 e. The molecule has 6 heteroatoms. The van der Waals surface area contributed by atoms with Gasteiger partial charge in [-0.3, -0.25) is 0 Å². The summed E-state index contributed by atoms with van der Waals surface area (Å²) in [7, 11) is 0. The van der Waals surface area contributed by atoms with Crippen molar-refractivity contribution < 1.29 is 0 Å². The van der Waals surface area contributed by atoms with Gasteiger partial charge < -0.3 is 5.73 Å². The van der Waals surface area contributed by atoms with Gasteiger partial charge in [-0.05, 0) is 29.0 Å². The molecule has 1 heterocycles. The minimum atomic E-state index is 0.743. The largest absolute Gasteiger partial charge is 0.399 e. The van der Waals surface area contributed by atoms with Crippen LogP contribution in [0.2, 0.25) is 0 Å². The molecule has 1 aromatic heterocycles. The van der Waals surface area contributed by atoms with Crippen LogP contribution in [0.3, 0.4) is 0 Å². The molecule has 2 rings (SSSR count). The summed E-state index contributed by atoms with van der Waals surface area (Å²) >= 11 is 2.04. The number of tetrazole rings is 1. The highest BCUT2D eigenvalue weighted by Crippen LogP contribution is 2.19. The molecule has 0 atom stereocenters. The molecule has 0 aliphatic heterocycles. The Balaban J connectivity index is 2.37. The van der Waals surface area contributed by atoms with E-state index in [0.717, 1.165) is 23.5 Å². The lowest BCUT2D eigenvalue weighted by atomic mass is 10.2. The first-order valence-electron chi connectivity index (χ1n) is 4.05. The van der Waals surface area contributed by atoms with Crippen LogP contribution < -0.4 is 5.73 Å². The van der Waals surface area contributed by atoms with Gasteiger partial charge in [-0.2, -0.15) is 2.90 Å². The van der Waals surface area contributed by atoms with E-state index in [1.165, 1.54) is 0 Å². The summed E-state index contributed by atoms with van der Waals surface area (Å²) in [5.41, 5.74) is 7.46. The molecule has 0 saturated carbocycles. The van der Waals surface area contributed by atoms with Gasteiger partial charge in [0.2, 0.25) is 0 Å². The van der Waals surface area contributed by atoms with E-state index in [1.54, 1.807) is 2.90 Å². The predicted molar refractivity (Wildman–Crippen MR) is 61.2 cm³/mol. The van der Waals surface area contributed by atoms with Gasteiger partial charge in [0.1, 0.15) is 0 Å². The van der Waals surface area contributed by atoms with E-state index in [-0.39, 0.29) is 0 Å². The molecule has 0 unspecified atom stereocenters. The molecule has 72 valence electrons. The molecule has 0 spiro atoms. The first-order valence-corrected chi connectivity index (χ1v) is 5.01. The van der Waals surface area contributed by atoms with E-state index in [0.29, 0.717) is 0 Å². The first-order chi connectivity index (χ1) is 6.77. The summed E-state index contributed by atoms with van der Waals surface area (Å²) in [6.07, 6.45) is 8.46. The van der Waals surface area contributed by atoms with Gasteiger partial charge in [-0.25, -0.2) is 0 Å². The Morgan fingerprint density at radius 1 is 1.43 bits per heavy atom. The summed E-state index contributed by atoms with van der Waals surface area (Å²) in [5, 5.41) is 11.3. The second-order valence-electron chi connectivity index (χ2n) is 2.83. The SMILES string of the molecule is NC1=CC=C(c2nnnn2I)CC=C1. The highest BCUT2D eigenvalue weighted by atomic mass is 127. The number of allylic oxidation sites excluding steroid dienone is 5. The highest BCUT2D eigenvalue weighted by Gasteiger charge is 2.09. The van der Waals surface area contributed by atoms with E-state index in [4.69, 9.17) is 5.73 Å². The van der Waals surface area contributed by atoms with Crippen molar-refractivity contribution in [2.24, 2.45) is 5.73 Å². The second kappa shape index (κ2) is 3.91. The third-order valence-corrected chi connectivity index (χ3v) is 2.49. The van der Waals surface area contributed by atoms with Gasteiger partial charge in [0.15, 0.2) is 5.82 Å². The van der Waals surface area contributed by atoms with Crippen LogP contribution >= 0.6 is 22.9 Å². The monoisotopic (exact) mass is 301 g/mol. The highest BCUT2D eigenvalue weighted by molar-refractivity contribution is 14.1. The Hall–Kier alpha value is -1.18. The Morgan fingerprint density at radius 3 is 3.00 bits per heavy atom. The second-order valence-corrected chi connectivity index (χ2v) is 3.74. The summed E-state index contributed by atoms with van der Waals surface area (Å²) in [6, 6.07) is 0. The number of halogens is 1. The molecule has 2 N–H and O–H groups in total. The zero-order valence-electron chi connectivity index (χ0n) is 7.26. The standard InChI is InChI=1S/C8H8IN5/c9-14-8(11-12-13-14)6-2-1-3-7(10)5-4-6/h1,3-5H,2,10H2. The van der Waals surface area contributed by atoms with Crippen LogP contribution in [0.25, 0.3) is 5.57 Å². The topological polar surface area (TPSA) is 69.6 Å². The Labute approximate surface area is 94.9 Å². The van der Waals surface area contributed by atoms with Crippen molar-refractivity contribution in [3.05, 3.63) is 35.8 Å². The molecular formula is C8H8IN5. The average molecular weight is 301 g/mol. The smallest absolute Gasteiger partial charge is 0.188 e. The first kappa shape index (κ1) is 9.38. The Kier molecular flexibility index (Phi) is 2.62. The zero-order chi connectivity index (χ0) is 9.97. The molecule has 1 aliphatic rings. The van der Waals surface area contributed by atoms with E-state index >= 15 is 0 Å². The van der Waals surface area contributed by atoms with Crippen molar-refractivity contribution >= 4 is 28.4 Å². The number of nitrogens with two attached hydrogens (primary N) is 1. The zero-order valence-corrected chi connectivity index (χ0v) is 9.42. The average Bonchev–Trinajstić information content (AvgIpc) is 2.46. The lowest BCUT2D eigenvalue weighted by Gasteiger charge is -1.97. The normalized spacial score (nSPS) is 16.1. The molecule has 0 fully saturated rings. The van der Waals surface area contributed by atoms with Crippen molar-refractivity contribution in [2.45, 2.75) is 6.42 Å². The van der Waals surface area contributed by atoms with Crippen LogP contribution in [0.1, 0.15) is 12.2 Å². The third kappa shape index (κ3) is 1.84. The maximum atomic E-state index is 5.66. The van der Waals surface area contributed by atoms with Crippen molar-refractivity contribution in [3.8, 4) is 0 Å². The van der Waals surface area contributed by atoms with Crippen LogP contribution in [0.15, 0.2) is 30.0 Å². The van der Waals surface area contributed by atoms with Crippen molar-refractivity contribution in [2.75, 3.05) is 0 Å². The van der Waals surface area contributed by atoms with Gasteiger partial charge in [0.05, 0.1) is 22.9 Å². The minimum absolute atomic E-state index is 0.743. The number of aromatic nitrogens is 4. The van der Waals surface area contributed by atoms with Crippen molar-refractivity contribution in [1.29, 1.82) is 0 Å². The molecule has 5 nitrogen and oxygen atoms in total. The van der Waals surface area contributed by atoms with E-state index in [1.807, 2.05) is 47.2 Å². The van der Waals surface area contributed by atoms with Crippen LogP contribution in [0, 0.1) is 0 Å². The lowest BCUT2D eigenvalue weighted by molar-refractivity contribution is 0.870. The lowest BCUT2D eigenvalue weighted by Crippen LogP contribution is -1.92. The summed E-state index contributed by atoms with van der Waals surface area (Å²) < 4.78 is 1.62. The summed E-state index contributed by atoms with van der Waals surface area (Å²) in [4.78, 5) is 0. The van der Waals surface area contributed by atoms with Gasteiger partial charge >= 0.3 is 0 Å². The van der Waals surface area contributed by atoms with Crippen LogP contribution in [0.4, 0.5) is 0 Å². The molecule has 0 bridgehead atoms. The number of rotatable bonds is 1. The molecule has 1 aliphatic carbocycles. The van der Waals surface area contributed by atoms with Crippen LogP contribution in [0.5, 0.6) is 0 Å². The molecular weight excluding hydrogens is 293 g/mol. The maximum Gasteiger partial charge on any atom is 0.188 e. The predicted octanol–water partition coefficient (Wildman–Crippen LogP) is 1.06. The van der Waals surface area contributed by atoms with Crippen molar-refractivity contribution in [3.63, 3.8) is 0 Å². The van der Waals surface area contributed by atoms with Crippen LogP contribution in [-0.4, -0.2) is 18.4 Å². The number of hydrogen-bond acceptors (Lipinski definition) is 4. The molecule has 14 heavy (non-hydrogen) atoms. The number of hydrogen-bond donors (Lipinski definition) is 1. The quantitative estimate of drug-likeness (QED) is 0.787. The van der Waals surface area contributed by atoms with Crippen molar-refractivity contribution in [1.82, 2.24) is 18.4 Å². The van der Waals surface area contributed by atoms with Gasteiger partial charge in [-0.15, -0.1) is 5.10 Å². The van der Waals surface area contributed by atoms with Gasteiger partial charge in [0.25, 0.3) is 0 Å². The van der Waals surface area contributed by atoms with E-state index in [9.17, 15) is 0 Å². The van der Waals surface area contributed by atoms with Crippen LogP contribution in [-0.2, 0) is 0 Å². The summed E-state index contributed by atoms with van der Waals surface area (Å²) in [5.74, 6) is 0.765. The number of nitrogens with zero attached hydrogens (tertiary/aromatic N) is 4. The molecule has 0 amide bonds. The molecule has 1 aromatic rings. The third-order valence-electron chi connectivity index (χ3n) is 1.84. The molecule has 0 aromatic carbocycles. The maximum absolute atomic E-state index is 5.66. The Morgan fingerprint density at radius 2 is 2.29 bits per heavy atom. The fourth-order valence-electron chi connectivity index (χ4n) is 1.17. The van der Waals surface area contributed by atoms with Gasteiger partial charge in [-0.1, -0.05) is 12.2 Å². The van der Waals surface area contributed by atoms with Gasteiger partial charge in [0, 0.05) is 11.3 Å². The molecule has 0 radical (unpaired) electrons. The Bertz CT molecular complexity index is 429. The molecule has 0 saturated heterocycles. The van der Waals surface area contributed by atoms with E-state index < -0.39 is 0 Å². The van der Waals surface area contributed by atoms with E-state index in [2.05, 4.69) is 15.5 Å². The fraction of sp³-hybridized carbons (Fsp3) is 0.125. The fourth-order valence-corrected chi connectivity index (χ4v) is 1.66.